The van der Waals surface area contributed by atoms with Gasteiger partial charge in [-0.25, -0.2) is 0 Å². The van der Waals surface area contributed by atoms with Crippen LogP contribution in [0.25, 0.3) is 0 Å². The first kappa shape index (κ1) is 21.0. The second-order valence-electron chi connectivity index (χ2n) is 6.52. The quantitative estimate of drug-likeness (QED) is 0.849. The predicted octanol–water partition coefficient (Wildman–Crippen LogP) is 2.47. The zero-order valence-corrected chi connectivity index (χ0v) is 16.1. The fraction of sp³-hybridized carbons (Fsp3) is 0.400. The molecule has 1 saturated heterocycles. The molecule has 2 aromatic rings. The van der Waals surface area contributed by atoms with Crippen LogP contribution in [0.15, 0.2) is 47.1 Å². The third-order valence-corrected chi connectivity index (χ3v) is 4.71. The zero-order valence-electron chi connectivity index (χ0n) is 15.3. The lowest BCUT2D eigenvalue weighted by Crippen LogP contribution is -2.37. The fourth-order valence-corrected chi connectivity index (χ4v) is 3.21. The average molecular weight is 392 g/mol. The lowest BCUT2D eigenvalue weighted by Gasteiger charge is -2.22. The van der Waals surface area contributed by atoms with Crippen LogP contribution < -0.4 is 5.73 Å². The number of furan rings is 1. The number of aryl methyl sites for hydroxylation is 1. The highest BCUT2D eigenvalue weighted by atomic mass is 35.5. The first-order valence-electron chi connectivity index (χ1n) is 9.06. The summed E-state index contributed by atoms with van der Waals surface area (Å²) in [6, 6.07) is 11.7. The molecule has 6 nitrogen and oxygen atoms in total. The molecular weight excluding hydrogens is 366 g/mol. The van der Waals surface area contributed by atoms with Crippen LogP contribution in [0.4, 0.5) is 0 Å². The molecule has 0 radical (unpaired) electrons. The van der Waals surface area contributed by atoms with Crippen LogP contribution in [0.3, 0.4) is 0 Å². The van der Waals surface area contributed by atoms with Gasteiger partial charge in [0.25, 0.3) is 5.91 Å². The molecule has 146 valence electrons. The molecule has 2 heterocycles. The molecule has 1 aromatic heterocycles. The van der Waals surface area contributed by atoms with Gasteiger partial charge in [0.15, 0.2) is 0 Å². The Kier molecular flexibility index (Phi) is 7.88. The molecule has 7 heteroatoms. The Morgan fingerprint density at radius 3 is 2.44 bits per heavy atom. The standard InChI is InChI=1S/C20H25N3O3.ClH/c21-14-18-13-17(15-26-18)20(25)23-10-4-9-22(11-12-23)19(24)8-7-16-5-2-1-3-6-16;/h1-3,5-6,13,15H,4,7-12,14,21H2;1H. The van der Waals surface area contributed by atoms with Crippen LogP contribution in [-0.2, 0) is 17.8 Å². The summed E-state index contributed by atoms with van der Waals surface area (Å²) in [6.45, 7) is 2.72. The molecule has 0 spiro atoms. The Morgan fingerprint density at radius 2 is 1.74 bits per heavy atom. The monoisotopic (exact) mass is 391 g/mol. The minimum Gasteiger partial charge on any atom is -0.467 e. The van der Waals surface area contributed by atoms with Crippen molar-refractivity contribution in [2.24, 2.45) is 5.73 Å². The Bertz CT molecular complexity index is 748. The molecule has 0 atom stereocenters. The Balaban J connectivity index is 0.00000261. The van der Waals surface area contributed by atoms with Crippen LogP contribution in [0.2, 0.25) is 0 Å². The van der Waals surface area contributed by atoms with Crippen molar-refractivity contribution in [2.75, 3.05) is 26.2 Å². The van der Waals surface area contributed by atoms with Gasteiger partial charge in [-0.05, 0) is 24.5 Å². The maximum Gasteiger partial charge on any atom is 0.257 e. The molecule has 2 N–H and O–H groups in total. The highest BCUT2D eigenvalue weighted by Gasteiger charge is 2.23. The van der Waals surface area contributed by atoms with E-state index in [0.29, 0.717) is 43.9 Å². The third-order valence-electron chi connectivity index (χ3n) is 4.71. The minimum atomic E-state index is -0.0629. The van der Waals surface area contributed by atoms with Gasteiger partial charge in [-0.3, -0.25) is 9.59 Å². The van der Waals surface area contributed by atoms with Gasteiger partial charge in [-0.15, -0.1) is 12.4 Å². The maximum absolute atomic E-state index is 12.6. The lowest BCUT2D eigenvalue weighted by atomic mass is 10.1. The number of carbonyl (C=O) groups is 2. The third kappa shape index (κ3) is 5.58. The lowest BCUT2D eigenvalue weighted by molar-refractivity contribution is -0.131. The predicted molar refractivity (Wildman–Crippen MR) is 106 cm³/mol. The van der Waals surface area contributed by atoms with Crippen molar-refractivity contribution in [3.63, 3.8) is 0 Å². The van der Waals surface area contributed by atoms with Gasteiger partial charge in [-0.2, -0.15) is 0 Å². The number of benzene rings is 1. The first-order chi connectivity index (χ1) is 12.7. The van der Waals surface area contributed by atoms with Crippen LogP contribution >= 0.6 is 12.4 Å². The average Bonchev–Trinajstić information content (AvgIpc) is 3.03. The van der Waals surface area contributed by atoms with Crippen LogP contribution in [0, 0.1) is 0 Å². The normalized spacial score (nSPS) is 14.4. The minimum absolute atomic E-state index is 0. The van der Waals surface area contributed by atoms with Crippen molar-refractivity contribution in [1.82, 2.24) is 9.80 Å². The topological polar surface area (TPSA) is 79.8 Å². The maximum atomic E-state index is 12.6. The molecule has 27 heavy (non-hydrogen) atoms. The number of carbonyl (C=O) groups excluding carboxylic acids is 2. The van der Waals surface area contributed by atoms with E-state index in [4.69, 9.17) is 10.2 Å². The van der Waals surface area contributed by atoms with Gasteiger partial charge in [0.2, 0.25) is 5.91 Å². The van der Waals surface area contributed by atoms with E-state index in [1.807, 2.05) is 35.2 Å². The van der Waals surface area contributed by atoms with E-state index in [1.54, 1.807) is 11.0 Å². The number of nitrogens with zero attached hydrogens (tertiary/aromatic N) is 2. The molecule has 3 rings (SSSR count). The molecule has 0 aliphatic carbocycles. The summed E-state index contributed by atoms with van der Waals surface area (Å²) in [7, 11) is 0. The number of hydrogen-bond donors (Lipinski definition) is 1. The second kappa shape index (κ2) is 10.1. The van der Waals surface area contributed by atoms with Crippen molar-refractivity contribution in [3.8, 4) is 0 Å². The summed E-state index contributed by atoms with van der Waals surface area (Å²) in [6.07, 6.45) is 3.48. The van der Waals surface area contributed by atoms with Crippen molar-refractivity contribution in [2.45, 2.75) is 25.8 Å². The molecule has 1 aromatic carbocycles. The van der Waals surface area contributed by atoms with Crippen LogP contribution in [-0.4, -0.2) is 47.8 Å². The van der Waals surface area contributed by atoms with Gasteiger partial charge in [-0.1, -0.05) is 30.3 Å². The molecule has 0 unspecified atom stereocenters. The number of nitrogens with two attached hydrogens (primary N) is 1. The Morgan fingerprint density at radius 1 is 1.04 bits per heavy atom. The summed E-state index contributed by atoms with van der Waals surface area (Å²) in [5, 5.41) is 0. The Hall–Kier alpha value is -2.31. The SMILES string of the molecule is Cl.NCc1cc(C(=O)N2CCCN(C(=O)CCc3ccccc3)CC2)co1. The highest BCUT2D eigenvalue weighted by molar-refractivity contribution is 5.94. The van der Waals surface area contributed by atoms with E-state index in [0.717, 1.165) is 12.8 Å². The van der Waals surface area contributed by atoms with Crippen molar-refractivity contribution < 1.29 is 14.0 Å². The van der Waals surface area contributed by atoms with E-state index in [9.17, 15) is 9.59 Å². The molecule has 1 aliphatic heterocycles. The van der Waals surface area contributed by atoms with E-state index in [2.05, 4.69) is 0 Å². The summed E-state index contributed by atoms with van der Waals surface area (Å²) < 4.78 is 5.25. The van der Waals surface area contributed by atoms with Gasteiger partial charge in [0.1, 0.15) is 12.0 Å². The summed E-state index contributed by atoms with van der Waals surface area (Å²) in [5.74, 6) is 0.685. The number of halogens is 1. The van der Waals surface area contributed by atoms with E-state index in [-0.39, 0.29) is 30.8 Å². The van der Waals surface area contributed by atoms with E-state index in [1.165, 1.54) is 11.8 Å². The number of amides is 2. The Labute approximate surface area is 165 Å². The largest absolute Gasteiger partial charge is 0.467 e. The summed E-state index contributed by atoms with van der Waals surface area (Å²) in [5.41, 5.74) is 7.22. The summed E-state index contributed by atoms with van der Waals surface area (Å²) in [4.78, 5) is 28.8. The molecule has 1 aliphatic rings. The van der Waals surface area contributed by atoms with Crippen LogP contribution in [0.1, 0.15) is 34.5 Å². The van der Waals surface area contributed by atoms with Crippen LogP contribution in [0.5, 0.6) is 0 Å². The van der Waals surface area contributed by atoms with Crippen molar-refractivity contribution >= 4 is 24.2 Å². The molecule has 0 bridgehead atoms. The molecular formula is C20H26ClN3O3. The fourth-order valence-electron chi connectivity index (χ4n) is 3.21. The number of rotatable bonds is 5. The van der Waals surface area contributed by atoms with E-state index >= 15 is 0 Å². The zero-order chi connectivity index (χ0) is 18.4. The van der Waals surface area contributed by atoms with Gasteiger partial charge in [0.05, 0.1) is 12.1 Å². The van der Waals surface area contributed by atoms with E-state index < -0.39 is 0 Å². The second-order valence-corrected chi connectivity index (χ2v) is 6.52. The molecule has 2 amide bonds. The van der Waals surface area contributed by atoms with Gasteiger partial charge in [0, 0.05) is 32.6 Å². The number of hydrogen-bond acceptors (Lipinski definition) is 4. The first-order valence-corrected chi connectivity index (χ1v) is 9.06. The molecule has 1 fully saturated rings. The van der Waals surface area contributed by atoms with Crippen molar-refractivity contribution in [3.05, 3.63) is 59.5 Å². The van der Waals surface area contributed by atoms with Gasteiger partial charge >= 0.3 is 0 Å². The smallest absolute Gasteiger partial charge is 0.257 e. The van der Waals surface area contributed by atoms with Gasteiger partial charge < -0.3 is 20.0 Å². The highest BCUT2D eigenvalue weighted by Crippen LogP contribution is 2.14. The molecule has 0 saturated carbocycles. The van der Waals surface area contributed by atoms with Crippen molar-refractivity contribution in [1.29, 1.82) is 0 Å². The summed E-state index contributed by atoms with van der Waals surface area (Å²) >= 11 is 0.